The lowest BCUT2D eigenvalue weighted by Gasteiger charge is -2.45. The predicted molar refractivity (Wildman–Crippen MR) is 153 cm³/mol. The molecule has 0 saturated heterocycles. The number of carbonyl (C=O) groups excluding carboxylic acids is 2. The standard InChI is InChI=1S/C24H52O7Si4/c1-12-14-15-16-17-18-21-27-22(25)19-20-23(26)28-24(13-2)35(29-32(3,4)5,30-33(6,7)8)31-34(9,10)11/h19-20,24H,12-18,21H2,1-11H3. The summed E-state index contributed by atoms with van der Waals surface area (Å²) in [4.78, 5) is 24.7. The van der Waals surface area contributed by atoms with Gasteiger partial charge < -0.3 is 21.8 Å². The Bertz CT molecular complexity index is 623. The van der Waals surface area contributed by atoms with Gasteiger partial charge in [-0.1, -0.05) is 46.0 Å². The van der Waals surface area contributed by atoms with Crippen molar-refractivity contribution in [2.75, 3.05) is 6.61 Å². The Morgan fingerprint density at radius 2 is 1.09 bits per heavy atom. The van der Waals surface area contributed by atoms with E-state index in [2.05, 4.69) is 65.8 Å². The van der Waals surface area contributed by atoms with Gasteiger partial charge in [-0.05, 0) is 71.8 Å². The highest BCUT2D eigenvalue weighted by Crippen LogP contribution is 2.31. The molecule has 0 aliphatic heterocycles. The van der Waals surface area contributed by atoms with Crippen molar-refractivity contribution in [1.82, 2.24) is 0 Å². The summed E-state index contributed by atoms with van der Waals surface area (Å²) in [6.45, 7) is 23.3. The first-order valence-electron chi connectivity index (χ1n) is 13.1. The monoisotopic (exact) mass is 564 g/mol. The fourth-order valence-electron chi connectivity index (χ4n) is 3.36. The van der Waals surface area contributed by atoms with Crippen molar-refractivity contribution >= 4 is 45.7 Å². The smallest absolute Gasteiger partial charge is 0.463 e. The maximum absolute atomic E-state index is 12.7. The molecule has 0 bridgehead atoms. The second-order valence-corrected chi connectivity index (χ2v) is 28.8. The Kier molecular flexibility index (Phi) is 15.4. The van der Waals surface area contributed by atoms with Crippen LogP contribution in [0.15, 0.2) is 12.2 Å². The lowest BCUT2D eigenvalue weighted by Crippen LogP contribution is -2.67. The second kappa shape index (κ2) is 15.6. The van der Waals surface area contributed by atoms with Gasteiger partial charge in [0.05, 0.1) is 6.61 Å². The van der Waals surface area contributed by atoms with Gasteiger partial charge in [-0.2, -0.15) is 0 Å². The van der Waals surface area contributed by atoms with E-state index < -0.39 is 51.4 Å². The molecule has 11 heteroatoms. The van der Waals surface area contributed by atoms with Crippen LogP contribution in [-0.2, 0) is 31.4 Å². The molecular weight excluding hydrogens is 513 g/mol. The Balaban J connectivity index is 5.37. The van der Waals surface area contributed by atoms with Crippen LogP contribution in [0, 0.1) is 0 Å². The van der Waals surface area contributed by atoms with E-state index in [4.69, 9.17) is 21.8 Å². The average molecular weight is 565 g/mol. The van der Waals surface area contributed by atoms with Crippen LogP contribution in [0.3, 0.4) is 0 Å². The molecule has 1 unspecified atom stereocenters. The molecule has 0 N–H and O–H groups in total. The predicted octanol–water partition coefficient (Wildman–Crippen LogP) is 6.80. The van der Waals surface area contributed by atoms with E-state index in [1.807, 2.05) is 6.92 Å². The molecule has 0 aliphatic carbocycles. The third-order valence-corrected chi connectivity index (χ3v) is 16.5. The number of hydrogen-bond acceptors (Lipinski definition) is 7. The molecule has 0 spiro atoms. The van der Waals surface area contributed by atoms with Crippen molar-refractivity contribution in [2.45, 2.75) is 123 Å². The summed E-state index contributed by atoms with van der Waals surface area (Å²) in [5.74, 6) is -1.16. The van der Waals surface area contributed by atoms with E-state index in [0.29, 0.717) is 13.0 Å². The molecule has 0 fully saturated rings. The number of hydrogen-bond donors (Lipinski definition) is 0. The summed E-state index contributed by atoms with van der Waals surface area (Å²) >= 11 is 0. The normalized spacial score (nSPS) is 14.3. The van der Waals surface area contributed by atoms with Crippen LogP contribution in [0.5, 0.6) is 0 Å². The van der Waals surface area contributed by atoms with Gasteiger partial charge in [0.1, 0.15) is 0 Å². The molecule has 7 nitrogen and oxygen atoms in total. The molecule has 0 radical (unpaired) electrons. The van der Waals surface area contributed by atoms with Gasteiger partial charge in [0, 0.05) is 12.2 Å². The van der Waals surface area contributed by atoms with E-state index in [1.54, 1.807) is 0 Å². The summed E-state index contributed by atoms with van der Waals surface area (Å²) in [5.41, 5.74) is -0.649. The van der Waals surface area contributed by atoms with Crippen molar-refractivity contribution in [3.63, 3.8) is 0 Å². The lowest BCUT2D eigenvalue weighted by atomic mass is 10.1. The van der Waals surface area contributed by atoms with E-state index in [0.717, 1.165) is 31.4 Å². The van der Waals surface area contributed by atoms with Crippen LogP contribution in [0.1, 0.15) is 58.8 Å². The number of esters is 2. The van der Waals surface area contributed by atoms with Gasteiger partial charge in [0.2, 0.25) is 0 Å². The van der Waals surface area contributed by atoms with E-state index in [-0.39, 0.29) is 0 Å². The molecule has 35 heavy (non-hydrogen) atoms. The van der Waals surface area contributed by atoms with Gasteiger partial charge in [0.25, 0.3) is 0 Å². The summed E-state index contributed by atoms with van der Waals surface area (Å²) in [5, 5.41) is 0. The van der Waals surface area contributed by atoms with Crippen LogP contribution in [-0.4, -0.2) is 58.0 Å². The first kappa shape index (κ1) is 34.4. The van der Waals surface area contributed by atoms with E-state index in [9.17, 15) is 9.59 Å². The minimum absolute atomic E-state index is 0.357. The number of rotatable bonds is 18. The zero-order chi connectivity index (χ0) is 27.3. The third-order valence-electron chi connectivity index (χ3n) is 4.47. The first-order chi connectivity index (χ1) is 15.9. The van der Waals surface area contributed by atoms with Crippen molar-refractivity contribution in [3.8, 4) is 0 Å². The topological polar surface area (TPSA) is 80.3 Å². The van der Waals surface area contributed by atoms with E-state index in [1.165, 1.54) is 19.3 Å². The minimum atomic E-state index is -3.40. The molecule has 0 aromatic carbocycles. The van der Waals surface area contributed by atoms with Crippen LogP contribution in [0.25, 0.3) is 0 Å². The summed E-state index contributed by atoms with van der Waals surface area (Å²) in [6, 6.07) is 0. The van der Waals surface area contributed by atoms with Crippen molar-refractivity contribution in [1.29, 1.82) is 0 Å². The van der Waals surface area contributed by atoms with Crippen molar-refractivity contribution in [2.24, 2.45) is 0 Å². The quantitative estimate of drug-likeness (QED) is 0.0783. The molecule has 0 heterocycles. The van der Waals surface area contributed by atoms with Crippen LogP contribution >= 0.6 is 0 Å². The van der Waals surface area contributed by atoms with Crippen molar-refractivity contribution in [3.05, 3.63) is 12.2 Å². The van der Waals surface area contributed by atoms with Crippen molar-refractivity contribution < 1.29 is 31.4 Å². The molecule has 0 aliphatic rings. The maximum atomic E-state index is 12.7. The molecule has 206 valence electrons. The molecule has 0 rings (SSSR count). The largest absolute Gasteiger partial charge is 0.512 e. The maximum Gasteiger partial charge on any atom is 0.512 e. The Hall–Kier alpha value is -0.572. The van der Waals surface area contributed by atoms with Gasteiger partial charge in [-0.25, -0.2) is 9.59 Å². The number of unbranched alkanes of at least 4 members (excludes halogenated alkanes) is 5. The zero-order valence-electron chi connectivity index (χ0n) is 24.2. The first-order valence-corrected chi connectivity index (χ1v) is 25.1. The zero-order valence-corrected chi connectivity index (χ0v) is 28.2. The second-order valence-electron chi connectivity index (χ2n) is 11.8. The highest BCUT2D eigenvalue weighted by molar-refractivity contribution is 6.90. The SMILES string of the molecule is CCCCCCCCOC(=O)C=CC(=O)OC(CC)[Si](O[Si](C)(C)C)(O[Si](C)(C)C)O[Si](C)(C)C. The highest BCUT2D eigenvalue weighted by atomic mass is 28.5. The van der Waals surface area contributed by atoms with Crippen LogP contribution < -0.4 is 0 Å². The Labute approximate surface area is 219 Å². The lowest BCUT2D eigenvalue weighted by molar-refractivity contribution is -0.143. The van der Waals surface area contributed by atoms with Gasteiger partial charge in [-0.3, -0.25) is 0 Å². The molecule has 0 aromatic rings. The van der Waals surface area contributed by atoms with Gasteiger partial charge >= 0.3 is 20.7 Å². The summed E-state index contributed by atoms with van der Waals surface area (Å²) in [6.07, 6.45) is 9.43. The van der Waals surface area contributed by atoms with E-state index >= 15 is 0 Å². The summed E-state index contributed by atoms with van der Waals surface area (Å²) < 4.78 is 31.1. The Morgan fingerprint density at radius 1 is 0.657 bits per heavy atom. The molecule has 0 aromatic heterocycles. The van der Waals surface area contributed by atoms with Gasteiger partial charge in [0.15, 0.2) is 30.7 Å². The van der Waals surface area contributed by atoms with Crippen LogP contribution in [0.2, 0.25) is 58.9 Å². The molecule has 0 saturated carbocycles. The fourth-order valence-corrected chi connectivity index (χ4v) is 17.6. The highest BCUT2D eigenvalue weighted by Gasteiger charge is 2.57. The summed E-state index contributed by atoms with van der Waals surface area (Å²) in [7, 11) is -9.74. The Morgan fingerprint density at radius 3 is 1.51 bits per heavy atom. The number of carbonyl (C=O) groups is 2. The average Bonchev–Trinajstić information content (AvgIpc) is 2.65. The minimum Gasteiger partial charge on any atom is -0.463 e. The third kappa shape index (κ3) is 17.5. The molecule has 0 amide bonds. The molecular formula is C24H52O7Si4. The molecule has 1 atom stereocenters. The number of ether oxygens (including phenoxy) is 2. The van der Waals surface area contributed by atoms with Gasteiger partial charge in [-0.15, -0.1) is 0 Å². The van der Waals surface area contributed by atoms with Crippen LogP contribution in [0.4, 0.5) is 0 Å². The fraction of sp³-hybridized carbons (Fsp3) is 0.833.